The van der Waals surface area contributed by atoms with E-state index in [1.54, 1.807) is 24.3 Å². The minimum atomic E-state index is -0.122. The summed E-state index contributed by atoms with van der Waals surface area (Å²) in [5.41, 5.74) is 1.19. The molecule has 0 spiro atoms. The third-order valence-electron chi connectivity index (χ3n) is 7.59. The van der Waals surface area contributed by atoms with Crippen LogP contribution in [0.1, 0.15) is 49.4 Å². The van der Waals surface area contributed by atoms with Gasteiger partial charge in [0.25, 0.3) is 0 Å². The number of carbonyl (C=O) groups is 4. The molecule has 0 aromatic heterocycles. The van der Waals surface area contributed by atoms with Crippen LogP contribution >= 0.6 is 0 Å². The molecule has 2 bridgehead atoms. The average molecular weight is 421 g/mol. The zero-order valence-corrected chi connectivity index (χ0v) is 17.8. The summed E-state index contributed by atoms with van der Waals surface area (Å²) in [6, 6.07) is 6.91. The third kappa shape index (κ3) is 3.52. The largest absolute Gasteiger partial charge is 0.326 e. The van der Waals surface area contributed by atoms with Crippen LogP contribution < -0.4 is 5.32 Å². The number of hydrogen-bond acceptors (Lipinski definition) is 4. The van der Waals surface area contributed by atoms with E-state index in [0.29, 0.717) is 42.5 Å². The first-order chi connectivity index (χ1) is 15.0. The van der Waals surface area contributed by atoms with E-state index in [-0.39, 0.29) is 47.2 Å². The van der Waals surface area contributed by atoms with Gasteiger partial charge in [-0.15, -0.1) is 0 Å². The molecule has 6 nitrogen and oxygen atoms in total. The highest BCUT2D eigenvalue weighted by Crippen LogP contribution is 2.65. The molecular formula is C25H28N2O4. The summed E-state index contributed by atoms with van der Waals surface area (Å²) in [6.45, 7) is 1.96. The SMILES string of the molecule is CC(=O)c1cccc(NC(=O)CCCCCN2C(=O)[C@@H]3[C@H]4C=C[C@H]([C@H]5C[C@H]45)[C@@H]3C2=O)c1. The molecular weight excluding hydrogens is 392 g/mol. The summed E-state index contributed by atoms with van der Waals surface area (Å²) in [5, 5.41) is 2.83. The lowest BCUT2D eigenvalue weighted by Crippen LogP contribution is -2.40. The van der Waals surface area contributed by atoms with Gasteiger partial charge in [-0.3, -0.25) is 24.1 Å². The second kappa shape index (κ2) is 7.74. The minimum Gasteiger partial charge on any atom is -0.326 e. The van der Waals surface area contributed by atoms with Crippen molar-refractivity contribution in [2.45, 2.75) is 39.0 Å². The van der Waals surface area contributed by atoms with E-state index >= 15 is 0 Å². The number of amides is 3. The van der Waals surface area contributed by atoms with Crippen molar-refractivity contribution in [3.63, 3.8) is 0 Å². The number of ketones is 1. The fourth-order valence-corrected chi connectivity index (χ4v) is 6.01. The Morgan fingerprint density at radius 1 is 1.00 bits per heavy atom. The summed E-state index contributed by atoms with van der Waals surface area (Å²) in [4.78, 5) is 51.0. The average Bonchev–Trinajstić information content (AvgIpc) is 3.53. The maximum atomic E-state index is 12.9. The number of allylic oxidation sites excluding steroid dienone is 2. The van der Waals surface area contributed by atoms with Crippen molar-refractivity contribution < 1.29 is 19.2 Å². The molecule has 1 N–H and O–H groups in total. The number of Topliss-reactive ketones (excluding diaryl/α,β-unsaturated/α-hetero) is 1. The van der Waals surface area contributed by atoms with Crippen molar-refractivity contribution in [2.24, 2.45) is 35.5 Å². The van der Waals surface area contributed by atoms with E-state index in [4.69, 9.17) is 0 Å². The van der Waals surface area contributed by atoms with Gasteiger partial charge in [-0.25, -0.2) is 0 Å². The Morgan fingerprint density at radius 2 is 1.68 bits per heavy atom. The predicted molar refractivity (Wildman–Crippen MR) is 115 cm³/mol. The molecule has 1 aromatic rings. The smallest absolute Gasteiger partial charge is 0.233 e. The topological polar surface area (TPSA) is 83.6 Å². The number of likely N-dealkylation sites (tertiary alicyclic amines) is 1. The molecule has 3 fully saturated rings. The van der Waals surface area contributed by atoms with Gasteiger partial charge in [0.2, 0.25) is 17.7 Å². The number of anilines is 1. The van der Waals surface area contributed by atoms with Gasteiger partial charge in [-0.2, -0.15) is 0 Å². The maximum Gasteiger partial charge on any atom is 0.233 e. The van der Waals surface area contributed by atoms with E-state index in [1.165, 1.54) is 18.2 Å². The summed E-state index contributed by atoms with van der Waals surface area (Å²) in [5.74, 6) is 1.48. The van der Waals surface area contributed by atoms with Crippen LogP contribution in [0.25, 0.3) is 0 Å². The summed E-state index contributed by atoms with van der Waals surface area (Å²) >= 11 is 0. The molecule has 2 saturated carbocycles. The van der Waals surface area contributed by atoms with Crippen LogP contribution in [0.3, 0.4) is 0 Å². The predicted octanol–water partition coefficient (Wildman–Crippen LogP) is 3.44. The van der Waals surface area contributed by atoms with Gasteiger partial charge in [0.15, 0.2) is 5.78 Å². The van der Waals surface area contributed by atoms with Crippen molar-refractivity contribution in [3.8, 4) is 0 Å². The molecule has 0 unspecified atom stereocenters. The Balaban J connectivity index is 1.07. The summed E-state index contributed by atoms with van der Waals surface area (Å²) in [7, 11) is 0. The molecule has 5 aliphatic rings. The first-order valence-electron chi connectivity index (χ1n) is 11.4. The molecule has 6 atom stereocenters. The number of benzene rings is 1. The molecule has 1 aliphatic heterocycles. The summed E-state index contributed by atoms with van der Waals surface area (Å²) in [6.07, 6.45) is 8.13. The fourth-order valence-electron chi connectivity index (χ4n) is 6.01. The van der Waals surface area contributed by atoms with Crippen molar-refractivity contribution in [1.82, 2.24) is 4.90 Å². The molecule has 1 aromatic carbocycles. The van der Waals surface area contributed by atoms with Crippen LogP contribution in [0.2, 0.25) is 0 Å². The number of nitrogens with zero attached hydrogens (tertiary/aromatic N) is 1. The Bertz CT molecular complexity index is 947. The lowest BCUT2D eigenvalue weighted by molar-refractivity contribution is -0.140. The lowest BCUT2D eigenvalue weighted by Gasteiger charge is -2.37. The van der Waals surface area contributed by atoms with Crippen LogP contribution in [-0.2, 0) is 14.4 Å². The molecule has 4 aliphatic carbocycles. The van der Waals surface area contributed by atoms with Gasteiger partial charge >= 0.3 is 0 Å². The quantitative estimate of drug-likeness (QED) is 0.302. The number of rotatable bonds is 8. The van der Waals surface area contributed by atoms with Gasteiger partial charge in [0.05, 0.1) is 11.8 Å². The van der Waals surface area contributed by atoms with Crippen molar-refractivity contribution in [2.75, 3.05) is 11.9 Å². The van der Waals surface area contributed by atoms with Gasteiger partial charge in [0.1, 0.15) is 0 Å². The molecule has 162 valence electrons. The van der Waals surface area contributed by atoms with Crippen LogP contribution in [-0.4, -0.2) is 34.9 Å². The second-order valence-electron chi connectivity index (χ2n) is 9.48. The highest BCUT2D eigenvalue weighted by molar-refractivity contribution is 6.06. The Hall–Kier alpha value is -2.76. The molecule has 1 saturated heterocycles. The lowest BCUT2D eigenvalue weighted by atomic mass is 9.63. The van der Waals surface area contributed by atoms with Gasteiger partial charge in [-0.05, 0) is 62.0 Å². The fraction of sp³-hybridized carbons (Fsp3) is 0.520. The summed E-state index contributed by atoms with van der Waals surface area (Å²) < 4.78 is 0. The third-order valence-corrected chi connectivity index (χ3v) is 7.59. The highest BCUT2D eigenvalue weighted by Gasteiger charge is 2.66. The van der Waals surface area contributed by atoms with E-state index < -0.39 is 0 Å². The van der Waals surface area contributed by atoms with E-state index in [2.05, 4.69) is 17.5 Å². The normalized spacial score (nSPS) is 32.1. The zero-order valence-electron chi connectivity index (χ0n) is 17.8. The van der Waals surface area contributed by atoms with Crippen molar-refractivity contribution >= 4 is 29.2 Å². The Morgan fingerprint density at radius 3 is 2.32 bits per heavy atom. The van der Waals surface area contributed by atoms with E-state index in [9.17, 15) is 19.2 Å². The minimum absolute atomic E-state index is 0.0304. The Kier molecular flexibility index (Phi) is 5.03. The zero-order chi connectivity index (χ0) is 21.7. The van der Waals surface area contributed by atoms with Gasteiger partial charge < -0.3 is 5.32 Å². The monoisotopic (exact) mass is 420 g/mol. The second-order valence-corrected chi connectivity index (χ2v) is 9.48. The Labute approximate surface area is 182 Å². The molecule has 6 heteroatoms. The first-order valence-corrected chi connectivity index (χ1v) is 11.4. The van der Waals surface area contributed by atoms with E-state index in [1.807, 2.05) is 0 Å². The molecule has 3 amide bonds. The van der Waals surface area contributed by atoms with Crippen LogP contribution in [0.4, 0.5) is 5.69 Å². The van der Waals surface area contributed by atoms with Crippen LogP contribution in [0, 0.1) is 35.5 Å². The standard InChI is InChI=1S/C25H28N2O4/c1-14(28)15-6-5-7-16(12-15)26-21(29)8-3-2-4-11-27-24(30)22-17-9-10-18(20-13-19(17)20)23(22)25(27)31/h5-7,9-10,12,17-20,22-23H,2-4,8,11,13H2,1H3,(H,26,29)/t17-,18+,19-,20-,22+,23-/m1/s1. The number of carbonyl (C=O) groups excluding carboxylic acids is 4. The van der Waals surface area contributed by atoms with Crippen LogP contribution in [0.5, 0.6) is 0 Å². The molecule has 0 radical (unpaired) electrons. The maximum absolute atomic E-state index is 12.9. The molecule has 6 rings (SSSR count). The number of imide groups is 1. The first kappa shape index (κ1) is 20.2. The number of unbranched alkanes of at least 4 members (excludes halogenated alkanes) is 2. The highest BCUT2D eigenvalue weighted by atomic mass is 16.2. The molecule has 1 heterocycles. The number of nitrogens with one attached hydrogen (secondary N) is 1. The van der Waals surface area contributed by atoms with Gasteiger partial charge in [0, 0.05) is 24.2 Å². The van der Waals surface area contributed by atoms with Crippen LogP contribution in [0.15, 0.2) is 36.4 Å². The van der Waals surface area contributed by atoms with E-state index in [0.717, 1.165) is 12.8 Å². The number of hydrogen-bond donors (Lipinski definition) is 1. The van der Waals surface area contributed by atoms with Gasteiger partial charge in [-0.1, -0.05) is 30.7 Å². The van der Waals surface area contributed by atoms with Crippen molar-refractivity contribution in [1.29, 1.82) is 0 Å². The van der Waals surface area contributed by atoms with Crippen molar-refractivity contribution in [3.05, 3.63) is 42.0 Å². The molecule has 31 heavy (non-hydrogen) atoms.